The topological polar surface area (TPSA) is 94.5 Å². The Morgan fingerprint density at radius 2 is 1.90 bits per heavy atom. The number of halogens is 1. The van der Waals surface area contributed by atoms with Gasteiger partial charge < -0.3 is 29.7 Å². The van der Waals surface area contributed by atoms with Crippen LogP contribution in [0.5, 0.6) is 11.5 Å². The highest BCUT2D eigenvalue weighted by Crippen LogP contribution is 2.29. The van der Waals surface area contributed by atoms with E-state index in [1.165, 1.54) is 0 Å². The number of nitrogens with one attached hydrogen (secondary N) is 1. The molecule has 1 aliphatic heterocycles. The first kappa shape index (κ1) is 23.3. The molecule has 8 nitrogen and oxygen atoms in total. The lowest BCUT2D eigenvalue weighted by Gasteiger charge is -2.32. The summed E-state index contributed by atoms with van der Waals surface area (Å²) in [5.74, 6) is 3.38. The van der Waals surface area contributed by atoms with E-state index in [2.05, 4.69) is 15.2 Å². The molecule has 0 radical (unpaired) electrons. The van der Waals surface area contributed by atoms with Crippen molar-refractivity contribution < 1.29 is 18.6 Å². The van der Waals surface area contributed by atoms with E-state index in [0.29, 0.717) is 37.2 Å². The number of benzene rings is 1. The van der Waals surface area contributed by atoms with E-state index in [-0.39, 0.29) is 30.0 Å². The molecule has 0 bridgehead atoms. The van der Waals surface area contributed by atoms with E-state index in [0.717, 1.165) is 30.3 Å². The number of anilines is 1. The Balaban J connectivity index is 0.00000300. The fourth-order valence-corrected chi connectivity index (χ4v) is 3.19. The fraction of sp³-hybridized carbons (Fsp3) is 0.450. The van der Waals surface area contributed by atoms with Gasteiger partial charge in [0.1, 0.15) is 11.5 Å². The third kappa shape index (κ3) is 6.25. The van der Waals surface area contributed by atoms with E-state index in [9.17, 15) is 0 Å². The van der Waals surface area contributed by atoms with E-state index < -0.39 is 0 Å². The van der Waals surface area contributed by atoms with Crippen LogP contribution in [0.25, 0.3) is 0 Å². The number of morpholine rings is 1. The average molecular weight is 516 g/mol. The molecule has 1 aromatic carbocycles. The van der Waals surface area contributed by atoms with Gasteiger partial charge in [-0.3, -0.25) is 9.89 Å². The number of ether oxygens (including phenoxy) is 3. The molecule has 1 saturated heterocycles. The first-order valence-electron chi connectivity index (χ1n) is 9.28. The number of rotatable bonds is 7. The molecule has 0 spiro atoms. The molecule has 1 atom stereocenters. The minimum atomic E-state index is 0. The van der Waals surface area contributed by atoms with Gasteiger partial charge in [0, 0.05) is 24.8 Å². The van der Waals surface area contributed by atoms with Crippen LogP contribution in [-0.4, -0.2) is 57.9 Å². The van der Waals surface area contributed by atoms with Gasteiger partial charge in [-0.2, -0.15) is 0 Å². The Kier molecular flexibility index (Phi) is 9.05. The van der Waals surface area contributed by atoms with Gasteiger partial charge in [0.25, 0.3) is 0 Å². The fourth-order valence-electron chi connectivity index (χ4n) is 3.19. The number of furan rings is 1. The summed E-state index contributed by atoms with van der Waals surface area (Å²) in [5.41, 5.74) is 6.90. The number of aryl methyl sites for hydroxylation is 1. The van der Waals surface area contributed by atoms with Gasteiger partial charge in [-0.25, -0.2) is 0 Å². The molecule has 3 N–H and O–H groups in total. The molecule has 2 heterocycles. The van der Waals surface area contributed by atoms with Crippen LogP contribution >= 0.6 is 24.0 Å². The number of hydrogen-bond acceptors (Lipinski definition) is 6. The van der Waals surface area contributed by atoms with Crippen molar-refractivity contribution in [1.29, 1.82) is 0 Å². The maximum atomic E-state index is 6.12. The summed E-state index contributed by atoms with van der Waals surface area (Å²) in [5, 5.41) is 3.10. The van der Waals surface area contributed by atoms with Crippen LogP contribution in [0.2, 0.25) is 0 Å². The maximum absolute atomic E-state index is 6.12. The Morgan fingerprint density at radius 1 is 1.17 bits per heavy atom. The van der Waals surface area contributed by atoms with Crippen LogP contribution in [0.4, 0.5) is 5.69 Å². The van der Waals surface area contributed by atoms with E-state index in [1.807, 2.05) is 37.3 Å². The summed E-state index contributed by atoms with van der Waals surface area (Å²) in [4.78, 5) is 6.86. The third-order valence-electron chi connectivity index (χ3n) is 4.67. The molecule has 29 heavy (non-hydrogen) atoms. The van der Waals surface area contributed by atoms with Crippen molar-refractivity contribution in [2.45, 2.75) is 13.0 Å². The zero-order valence-corrected chi connectivity index (χ0v) is 19.3. The highest BCUT2D eigenvalue weighted by Gasteiger charge is 2.25. The molecule has 2 aromatic rings. The predicted octanol–water partition coefficient (Wildman–Crippen LogP) is 3.02. The molecule has 0 saturated carbocycles. The van der Waals surface area contributed by atoms with Gasteiger partial charge in [0.2, 0.25) is 0 Å². The average Bonchev–Trinajstić information content (AvgIpc) is 3.14. The van der Waals surface area contributed by atoms with Crippen molar-refractivity contribution in [2.75, 3.05) is 52.4 Å². The van der Waals surface area contributed by atoms with Crippen molar-refractivity contribution in [2.24, 2.45) is 10.7 Å². The molecule has 0 aliphatic carbocycles. The summed E-state index contributed by atoms with van der Waals surface area (Å²) < 4.78 is 21.9. The Morgan fingerprint density at radius 3 is 2.52 bits per heavy atom. The predicted molar refractivity (Wildman–Crippen MR) is 124 cm³/mol. The van der Waals surface area contributed by atoms with Gasteiger partial charge >= 0.3 is 0 Å². The normalized spacial score (nSPS) is 16.0. The minimum absolute atomic E-state index is 0. The first-order chi connectivity index (χ1) is 13.6. The van der Waals surface area contributed by atoms with Crippen LogP contribution < -0.4 is 20.5 Å². The summed E-state index contributed by atoms with van der Waals surface area (Å²) in [6, 6.07) is 9.48. The van der Waals surface area contributed by atoms with Crippen molar-refractivity contribution in [1.82, 2.24) is 4.90 Å². The first-order valence-corrected chi connectivity index (χ1v) is 9.28. The van der Waals surface area contributed by atoms with Crippen LogP contribution in [0.15, 0.2) is 39.7 Å². The zero-order valence-electron chi connectivity index (χ0n) is 17.0. The van der Waals surface area contributed by atoms with E-state index in [4.69, 9.17) is 24.4 Å². The zero-order chi connectivity index (χ0) is 19.9. The molecular formula is C20H29IN4O4. The lowest BCUT2D eigenvalue weighted by atomic mass is 10.1. The van der Waals surface area contributed by atoms with Crippen LogP contribution in [-0.2, 0) is 4.74 Å². The van der Waals surface area contributed by atoms with Crippen LogP contribution in [0, 0.1) is 6.92 Å². The molecule has 1 aromatic heterocycles. The summed E-state index contributed by atoms with van der Waals surface area (Å²) in [7, 11) is 3.19. The van der Waals surface area contributed by atoms with Crippen LogP contribution in [0.3, 0.4) is 0 Å². The van der Waals surface area contributed by atoms with Crippen LogP contribution in [0.1, 0.15) is 17.6 Å². The lowest BCUT2D eigenvalue weighted by molar-refractivity contribution is 0.0135. The highest BCUT2D eigenvalue weighted by molar-refractivity contribution is 14.0. The number of hydrogen-bond donors (Lipinski definition) is 2. The van der Waals surface area contributed by atoms with Gasteiger partial charge in [-0.05, 0) is 31.2 Å². The largest absolute Gasteiger partial charge is 0.493 e. The molecular weight excluding hydrogens is 487 g/mol. The minimum Gasteiger partial charge on any atom is -0.493 e. The van der Waals surface area contributed by atoms with Gasteiger partial charge in [0.15, 0.2) is 17.5 Å². The van der Waals surface area contributed by atoms with Gasteiger partial charge in [0.05, 0.1) is 40.0 Å². The third-order valence-corrected chi connectivity index (χ3v) is 4.67. The molecule has 3 rings (SSSR count). The van der Waals surface area contributed by atoms with Crippen molar-refractivity contribution >= 4 is 35.6 Å². The molecule has 1 fully saturated rings. The van der Waals surface area contributed by atoms with Gasteiger partial charge in [-0.1, -0.05) is 0 Å². The maximum Gasteiger partial charge on any atom is 0.193 e. The molecule has 160 valence electrons. The number of methoxy groups -OCH3 is 2. The van der Waals surface area contributed by atoms with Crippen molar-refractivity contribution in [3.8, 4) is 11.5 Å². The SMILES string of the molecule is COc1ccc(NC(N)=NCC(c2ccc(C)o2)N2CCOCC2)cc1OC.I. The van der Waals surface area contributed by atoms with E-state index in [1.54, 1.807) is 14.2 Å². The molecule has 0 amide bonds. The smallest absolute Gasteiger partial charge is 0.193 e. The van der Waals surface area contributed by atoms with Gasteiger partial charge in [-0.15, -0.1) is 24.0 Å². The van der Waals surface area contributed by atoms with Crippen molar-refractivity contribution in [3.05, 3.63) is 41.9 Å². The second kappa shape index (κ2) is 11.3. The summed E-state index contributed by atoms with van der Waals surface area (Å²) >= 11 is 0. The quantitative estimate of drug-likeness (QED) is 0.332. The monoisotopic (exact) mass is 516 g/mol. The lowest BCUT2D eigenvalue weighted by Crippen LogP contribution is -2.40. The summed E-state index contributed by atoms with van der Waals surface area (Å²) in [6.45, 7) is 5.51. The molecule has 1 unspecified atom stereocenters. The molecule has 9 heteroatoms. The second-order valence-electron chi connectivity index (χ2n) is 6.53. The summed E-state index contributed by atoms with van der Waals surface area (Å²) in [6.07, 6.45) is 0. The van der Waals surface area contributed by atoms with E-state index >= 15 is 0 Å². The second-order valence-corrected chi connectivity index (χ2v) is 6.53. The van der Waals surface area contributed by atoms with Crippen molar-refractivity contribution in [3.63, 3.8) is 0 Å². The number of nitrogens with zero attached hydrogens (tertiary/aromatic N) is 2. The Bertz CT molecular complexity index is 806. The highest BCUT2D eigenvalue weighted by atomic mass is 127. The Hall–Kier alpha value is -1.98. The molecule has 1 aliphatic rings. The number of guanidine groups is 1. The number of nitrogens with two attached hydrogens (primary N) is 1. The Labute approximate surface area is 188 Å². The standard InChI is InChI=1S/C20H28N4O4.HI/c1-14-4-6-17(28-14)16(24-8-10-27-11-9-24)13-22-20(21)23-15-5-7-18(25-2)19(12-15)26-3;/h4-7,12,16H,8-11,13H2,1-3H3,(H3,21,22,23);1H. The number of aliphatic imine (C=N–C) groups is 1.